The first-order valence-electron chi connectivity index (χ1n) is 7.82. The Morgan fingerprint density at radius 3 is 2.75 bits per heavy atom. The normalized spacial score (nSPS) is 24.0. The molecule has 0 bridgehead atoms. The minimum absolute atomic E-state index is 0.597. The van der Waals surface area contributed by atoms with E-state index in [1.54, 1.807) is 0 Å². The van der Waals surface area contributed by atoms with Gasteiger partial charge in [-0.1, -0.05) is 32.0 Å². The van der Waals surface area contributed by atoms with Crippen molar-refractivity contribution >= 4 is 0 Å². The summed E-state index contributed by atoms with van der Waals surface area (Å²) in [6, 6.07) is 11.3. The lowest BCUT2D eigenvalue weighted by molar-refractivity contribution is 0.0962. The number of nitrogens with one attached hydrogen (secondary N) is 1. The van der Waals surface area contributed by atoms with E-state index in [9.17, 15) is 0 Å². The number of piperazine rings is 1. The zero-order chi connectivity index (χ0) is 14.4. The van der Waals surface area contributed by atoms with Crippen LogP contribution < -0.4 is 10.1 Å². The van der Waals surface area contributed by atoms with Crippen LogP contribution in [-0.4, -0.2) is 43.2 Å². The molecule has 1 aliphatic rings. The summed E-state index contributed by atoms with van der Waals surface area (Å²) >= 11 is 0. The van der Waals surface area contributed by atoms with Gasteiger partial charge in [0.2, 0.25) is 0 Å². The molecule has 2 atom stereocenters. The van der Waals surface area contributed by atoms with E-state index < -0.39 is 0 Å². The van der Waals surface area contributed by atoms with Crippen LogP contribution in [0.25, 0.3) is 0 Å². The molecule has 20 heavy (non-hydrogen) atoms. The highest BCUT2D eigenvalue weighted by atomic mass is 16.5. The smallest absolute Gasteiger partial charge is 0.119 e. The average molecular weight is 276 g/mol. The van der Waals surface area contributed by atoms with E-state index in [-0.39, 0.29) is 0 Å². The molecular weight excluding hydrogens is 248 g/mol. The second kappa shape index (κ2) is 7.65. The van der Waals surface area contributed by atoms with E-state index in [1.807, 2.05) is 30.3 Å². The summed E-state index contributed by atoms with van der Waals surface area (Å²) in [6.07, 6.45) is 1.09. The lowest BCUT2D eigenvalue weighted by Gasteiger charge is -2.41. The van der Waals surface area contributed by atoms with Gasteiger partial charge in [0.15, 0.2) is 0 Å². The van der Waals surface area contributed by atoms with Gasteiger partial charge in [-0.25, -0.2) is 0 Å². The molecule has 2 unspecified atom stereocenters. The third-order valence-corrected chi connectivity index (χ3v) is 4.02. The number of para-hydroxylation sites is 1. The molecule has 0 spiro atoms. The third-order valence-electron chi connectivity index (χ3n) is 4.02. The predicted molar refractivity (Wildman–Crippen MR) is 84.2 cm³/mol. The van der Waals surface area contributed by atoms with Crippen LogP contribution in [0.5, 0.6) is 5.75 Å². The molecule has 3 heteroatoms. The average Bonchev–Trinajstić information content (AvgIpc) is 2.44. The fourth-order valence-electron chi connectivity index (χ4n) is 2.89. The molecule has 1 fully saturated rings. The summed E-state index contributed by atoms with van der Waals surface area (Å²) in [5.74, 6) is 1.67. The van der Waals surface area contributed by atoms with Crippen molar-refractivity contribution < 1.29 is 4.74 Å². The molecule has 0 saturated carbocycles. The monoisotopic (exact) mass is 276 g/mol. The van der Waals surface area contributed by atoms with E-state index in [4.69, 9.17) is 4.74 Å². The quantitative estimate of drug-likeness (QED) is 0.809. The molecule has 3 nitrogen and oxygen atoms in total. The zero-order valence-electron chi connectivity index (χ0n) is 13.0. The molecule has 0 aliphatic carbocycles. The number of hydrogen-bond acceptors (Lipinski definition) is 3. The molecule has 2 rings (SSSR count). The molecule has 112 valence electrons. The number of ether oxygens (including phenoxy) is 1. The fourth-order valence-corrected chi connectivity index (χ4v) is 2.89. The van der Waals surface area contributed by atoms with Crippen molar-refractivity contribution in [2.45, 2.75) is 39.3 Å². The first kappa shape index (κ1) is 15.3. The Bertz CT molecular complexity index is 380. The summed E-state index contributed by atoms with van der Waals surface area (Å²) < 4.78 is 5.78. The van der Waals surface area contributed by atoms with E-state index in [0.717, 1.165) is 38.4 Å². The van der Waals surface area contributed by atoms with Crippen molar-refractivity contribution in [2.75, 3.05) is 26.2 Å². The van der Waals surface area contributed by atoms with Gasteiger partial charge in [0.05, 0.1) is 6.61 Å². The first-order chi connectivity index (χ1) is 9.66. The van der Waals surface area contributed by atoms with Crippen LogP contribution in [0.1, 0.15) is 27.2 Å². The summed E-state index contributed by atoms with van der Waals surface area (Å²) in [5, 5.41) is 3.59. The fraction of sp³-hybridized carbons (Fsp3) is 0.647. The first-order valence-corrected chi connectivity index (χ1v) is 7.82. The molecule has 1 N–H and O–H groups in total. The molecule has 0 amide bonds. The number of nitrogens with zero attached hydrogens (tertiary/aromatic N) is 1. The standard InChI is InChI=1S/C17H28N2O/c1-14(2)17-12-18-15(3)13-19(17)10-7-11-20-16-8-5-4-6-9-16/h4-6,8-9,14-15,17-18H,7,10-13H2,1-3H3. The molecule has 0 radical (unpaired) electrons. The number of benzene rings is 1. The lowest BCUT2D eigenvalue weighted by atomic mass is 9.98. The van der Waals surface area contributed by atoms with Crippen LogP contribution in [0.2, 0.25) is 0 Å². The molecule has 1 aliphatic heterocycles. The van der Waals surface area contributed by atoms with Gasteiger partial charge in [-0.15, -0.1) is 0 Å². The molecular formula is C17H28N2O. The summed E-state index contributed by atoms with van der Waals surface area (Å²) in [6.45, 7) is 11.1. The largest absolute Gasteiger partial charge is 0.494 e. The van der Waals surface area contributed by atoms with Gasteiger partial charge in [-0.05, 0) is 31.4 Å². The molecule has 1 saturated heterocycles. The van der Waals surface area contributed by atoms with E-state index in [1.165, 1.54) is 0 Å². The Morgan fingerprint density at radius 2 is 2.05 bits per heavy atom. The van der Waals surface area contributed by atoms with E-state index >= 15 is 0 Å². The maximum atomic E-state index is 5.78. The number of rotatable bonds is 6. The SMILES string of the molecule is CC1CN(CCCOc2ccccc2)C(C(C)C)CN1. The maximum absolute atomic E-state index is 5.78. The third kappa shape index (κ3) is 4.50. The Labute approximate surface area is 123 Å². The van der Waals surface area contributed by atoms with Crippen LogP contribution >= 0.6 is 0 Å². The highest BCUT2D eigenvalue weighted by Crippen LogP contribution is 2.16. The summed E-state index contributed by atoms with van der Waals surface area (Å²) in [7, 11) is 0. The van der Waals surface area contributed by atoms with Crippen molar-refractivity contribution in [3.8, 4) is 5.75 Å². The Kier molecular flexibility index (Phi) is 5.86. The van der Waals surface area contributed by atoms with Crippen LogP contribution in [-0.2, 0) is 0 Å². The highest BCUT2D eigenvalue weighted by molar-refractivity contribution is 5.20. The lowest BCUT2D eigenvalue weighted by Crippen LogP contribution is -2.57. The minimum atomic E-state index is 0.597. The Balaban J connectivity index is 1.73. The van der Waals surface area contributed by atoms with Crippen molar-refractivity contribution in [2.24, 2.45) is 5.92 Å². The van der Waals surface area contributed by atoms with Gasteiger partial charge in [0, 0.05) is 31.7 Å². The highest BCUT2D eigenvalue weighted by Gasteiger charge is 2.27. The van der Waals surface area contributed by atoms with Gasteiger partial charge in [-0.2, -0.15) is 0 Å². The molecule has 1 aromatic rings. The summed E-state index contributed by atoms with van der Waals surface area (Å²) in [4.78, 5) is 2.63. The van der Waals surface area contributed by atoms with Crippen molar-refractivity contribution in [1.82, 2.24) is 10.2 Å². The Morgan fingerprint density at radius 1 is 1.30 bits per heavy atom. The second-order valence-corrected chi connectivity index (χ2v) is 6.13. The van der Waals surface area contributed by atoms with Crippen LogP contribution in [0.15, 0.2) is 30.3 Å². The summed E-state index contributed by atoms with van der Waals surface area (Å²) in [5.41, 5.74) is 0. The van der Waals surface area contributed by atoms with Gasteiger partial charge >= 0.3 is 0 Å². The Hall–Kier alpha value is -1.06. The topological polar surface area (TPSA) is 24.5 Å². The molecule has 1 aromatic carbocycles. The maximum Gasteiger partial charge on any atom is 0.119 e. The van der Waals surface area contributed by atoms with Crippen molar-refractivity contribution in [3.63, 3.8) is 0 Å². The second-order valence-electron chi connectivity index (χ2n) is 6.13. The molecule has 0 aromatic heterocycles. The van der Waals surface area contributed by atoms with Gasteiger partial charge in [-0.3, -0.25) is 4.90 Å². The van der Waals surface area contributed by atoms with Crippen LogP contribution in [0.3, 0.4) is 0 Å². The van der Waals surface area contributed by atoms with Crippen molar-refractivity contribution in [3.05, 3.63) is 30.3 Å². The number of hydrogen-bond donors (Lipinski definition) is 1. The van der Waals surface area contributed by atoms with Crippen LogP contribution in [0.4, 0.5) is 0 Å². The minimum Gasteiger partial charge on any atom is -0.494 e. The van der Waals surface area contributed by atoms with E-state index in [0.29, 0.717) is 18.0 Å². The van der Waals surface area contributed by atoms with Gasteiger partial charge < -0.3 is 10.1 Å². The van der Waals surface area contributed by atoms with Gasteiger partial charge in [0.1, 0.15) is 5.75 Å². The predicted octanol–water partition coefficient (Wildman–Crippen LogP) is 2.77. The molecule has 1 heterocycles. The van der Waals surface area contributed by atoms with Gasteiger partial charge in [0.25, 0.3) is 0 Å². The van der Waals surface area contributed by atoms with E-state index in [2.05, 4.69) is 31.0 Å². The van der Waals surface area contributed by atoms with Crippen LogP contribution in [0, 0.1) is 5.92 Å². The zero-order valence-corrected chi connectivity index (χ0v) is 13.0. The van der Waals surface area contributed by atoms with Crippen molar-refractivity contribution in [1.29, 1.82) is 0 Å².